The Balaban J connectivity index is 0.000000182. The van der Waals surface area contributed by atoms with E-state index in [4.69, 9.17) is 27.7 Å². The van der Waals surface area contributed by atoms with Gasteiger partial charge in [-0.25, -0.2) is 19.9 Å². The molecule has 0 saturated carbocycles. The number of nitrogens with zero attached hydrogens (tertiary/aromatic N) is 4. The molecule has 2 N–H and O–H groups in total. The zero-order valence-electron chi connectivity index (χ0n) is 32.2. The van der Waals surface area contributed by atoms with Gasteiger partial charge in [0, 0.05) is 5.56 Å². The maximum Gasteiger partial charge on any atom is 0.488 e. The summed E-state index contributed by atoms with van der Waals surface area (Å²) in [6, 6.07) is 6.75. The SMILES string of the molecule is Brc1c2ncoc2c(Br)c2ncoc12.Cc1cc(C(F)(F)F)ccc1-c1c2ncoc2c(-c2ccc(C(F)(F)F)cc2C(F)(F)F)c2ncoc12.Cc1cc(C(F)(F)F)ccc1B(O)O. The number of aryl methyl sites for hydroxylation is 2. The van der Waals surface area contributed by atoms with E-state index in [1.807, 2.05) is 0 Å². The molecule has 0 aliphatic rings. The quantitative estimate of drug-likeness (QED) is 0.130. The van der Waals surface area contributed by atoms with Crippen molar-refractivity contribution in [3.8, 4) is 22.3 Å². The molecule has 0 atom stereocenters. The highest BCUT2D eigenvalue weighted by atomic mass is 79.9. The Kier molecular flexibility index (Phi) is 12.4. The number of rotatable bonds is 3. The third-order valence-electron chi connectivity index (χ3n) is 9.63. The van der Waals surface area contributed by atoms with Gasteiger partial charge in [-0.05, 0) is 92.6 Å². The van der Waals surface area contributed by atoms with E-state index < -0.39 is 59.6 Å². The van der Waals surface area contributed by atoms with E-state index in [0.29, 0.717) is 23.3 Å². The molecule has 0 amide bonds. The van der Waals surface area contributed by atoms with Crippen LogP contribution in [0.15, 0.2) is 107 Å². The highest BCUT2D eigenvalue weighted by Crippen LogP contribution is 2.48. The lowest BCUT2D eigenvalue weighted by atomic mass is 9.77. The molecule has 0 aliphatic heterocycles. The van der Waals surface area contributed by atoms with Gasteiger partial charge in [0.05, 0.1) is 42.3 Å². The Bertz CT molecular complexity index is 3070. The van der Waals surface area contributed by atoms with Gasteiger partial charge in [0.1, 0.15) is 22.1 Å². The third kappa shape index (κ3) is 9.18. The smallest absolute Gasteiger partial charge is 0.443 e. The van der Waals surface area contributed by atoms with Gasteiger partial charge >= 0.3 is 31.8 Å². The minimum Gasteiger partial charge on any atom is -0.443 e. The minimum atomic E-state index is -5.19. The second-order valence-corrected chi connectivity index (χ2v) is 15.3. The normalized spacial score (nSPS) is 12.5. The highest BCUT2D eigenvalue weighted by Gasteiger charge is 2.40. The monoisotopic (exact) mass is 1050 g/mol. The zero-order valence-corrected chi connectivity index (χ0v) is 35.4. The van der Waals surface area contributed by atoms with Gasteiger partial charge < -0.3 is 27.7 Å². The number of hydrogen-bond donors (Lipinski definition) is 2. The number of alkyl halides is 12. The molecule has 338 valence electrons. The first-order chi connectivity index (χ1) is 30.3. The number of oxazole rings is 4. The van der Waals surface area contributed by atoms with Crippen LogP contribution in [-0.2, 0) is 24.7 Å². The average molecular weight is 1050 g/mol. The highest BCUT2D eigenvalue weighted by molar-refractivity contribution is 9.11. The summed E-state index contributed by atoms with van der Waals surface area (Å²) in [5.74, 6) is 0. The fourth-order valence-corrected chi connectivity index (χ4v) is 7.81. The summed E-state index contributed by atoms with van der Waals surface area (Å²) in [4.78, 5) is 16.2. The van der Waals surface area contributed by atoms with Crippen molar-refractivity contribution in [3.63, 3.8) is 0 Å². The van der Waals surface area contributed by atoms with Crippen molar-refractivity contribution in [2.75, 3.05) is 0 Å². The topological polar surface area (TPSA) is 145 Å². The van der Waals surface area contributed by atoms with E-state index in [0.717, 1.165) is 69.2 Å². The fraction of sp³-hybridized carbons (Fsp3) is 0.150. The lowest BCUT2D eigenvalue weighted by Gasteiger charge is -2.17. The van der Waals surface area contributed by atoms with Crippen molar-refractivity contribution in [3.05, 3.63) is 122 Å². The summed E-state index contributed by atoms with van der Waals surface area (Å²) in [5, 5.41) is 17.5. The molecular weight excluding hydrogens is 1030 g/mol. The van der Waals surface area contributed by atoms with Crippen LogP contribution in [0.25, 0.3) is 66.7 Å². The summed E-state index contributed by atoms with van der Waals surface area (Å²) in [5.41, 5.74) is -2.96. The summed E-state index contributed by atoms with van der Waals surface area (Å²) >= 11 is 6.80. The lowest BCUT2D eigenvalue weighted by Crippen LogP contribution is -2.32. The fourth-order valence-electron chi connectivity index (χ4n) is 6.68. The molecule has 0 aliphatic carbocycles. The molecule has 5 aromatic carbocycles. The molecule has 9 rings (SSSR count). The third-order valence-corrected chi connectivity index (χ3v) is 11.1. The molecular formula is C40H21BBr2F12N4O6. The van der Waals surface area contributed by atoms with Crippen LogP contribution in [0.3, 0.4) is 0 Å². The van der Waals surface area contributed by atoms with Crippen molar-refractivity contribution in [1.29, 1.82) is 0 Å². The number of benzene rings is 5. The van der Waals surface area contributed by atoms with Crippen LogP contribution in [0, 0.1) is 13.8 Å². The molecule has 0 unspecified atom stereocenters. The van der Waals surface area contributed by atoms with Crippen molar-refractivity contribution in [1.82, 2.24) is 19.9 Å². The van der Waals surface area contributed by atoms with Crippen molar-refractivity contribution < 1.29 is 80.4 Å². The Hall–Kier alpha value is -5.92. The molecule has 10 nitrogen and oxygen atoms in total. The molecule has 0 spiro atoms. The van der Waals surface area contributed by atoms with E-state index in [9.17, 15) is 52.7 Å². The zero-order chi connectivity index (χ0) is 47.6. The molecule has 0 bridgehead atoms. The Morgan fingerprint density at radius 1 is 0.462 bits per heavy atom. The summed E-state index contributed by atoms with van der Waals surface area (Å²) in [6.07, 6.45) is -14.7. The van der Waals surface area contributed by atoms with Crippen molar-refractivity contribution in [2.24, 2.45) is 0 Å². The average Bonchev–Trinajstić information content (AvgIpc) is 4.06. The minimum absolute atomic E-state index is 0.0165. The van der Waals surface area contributed by atoms with Gasteiger partial charge in [-0.1, -0.05) is 29.8 Å². The van der Waals surface area contributed by atoms with Crippen molar-refractivity contribution >= 4 is 88.8 Å². The molecule has 4 aromatic heterocycles. The first kappa shape index (κ1) is 47.1. The first-order valence-electron chi connectivity index (χ1n) is 17.9. The predicted molar refractivity (Wildman–Crippen MR) is 215 cm³/mol. The van der Waals surface area contributed by atoms with Gasteiger partial charge in [-0.15, -0.1) is 0 Å². The Labute approximate surface area is 371 Å². The number of fused-ring (bicyclic) bond motifs is 4. The molecule has 0 radical (unpaired) electrons. The van der Waals surface area contributed by atoms with Crippen molar-refractivity contribution in [2.45, 2.75) is 38.6 Å². The maximum absolute atomic E-state index is 13.9. The van der Waals surface area contributed by atoms with E-state index >= 15 is 0 Å². The van der Waals surface area contributed by atoms with Crippen LogP contribution in [0.1, 0.15) is 33.4 Å². The molecule has 0 saturated heterocycles. The number of aromatic nitrogens is 4. The van der Waals surface area contributed by atoms with Crippen LogP contribution in [-0.4, -0.2) is 37.1 Å². The summed E-state index contributed by atoms with van der Waals surface area (Å²) in [6.45, 7) is 2.79. The van der Waals surface area contributed by atoms with Gasteiger partial charge in [-0.2, -0.15) is 52.7 Å². The van der Waals surface area contributed by atoms with E-state index in [1.165, 1.54) is 26.6 Å². The number of hydrogen-bond acceptors (Lipinski definition) is 10. The number of halogens is 14. The van der Waals surface area contributed by atoms with E-state index in [1.54, 1.807) is 0 Å². The van der Waals surface area contributed by atoms with Gasteiger partial charge in [0.2, 0.25) is 0 Å². The predicted octanol–water partition coefficient (Wildman–Crippen LogP) is 12.9. The first-order valence-corrected chi connectivity index (χ1v) is 19.4. The molecule has 25 heteroatoms. The largest absolute Gasteiger partial charge is 0.488 e. The van der Waals surface area contributed by atoms with Gasteiger partial charge in [0.15, 0.2) is 47.9 Å². The van der Waals surface area contributed by atoms with Gasteiger partial charge in [0.25, 0.3) is 0 Å². The second-order valence-electron chi connectivity index (χ2n) is 13.7. The standard InChI is InChI=1S/C24H11F9N2O2.C8H8BF3O2.C8H2Br2N2O2/c1-10-6-11(22(25,26)27)2-4-13(10)16-18-21(37-8-34-18)17(19-20(16)36-9-35-19)14-5-3-12(23(28,29)30)7-15(14)24(31,32)33;1-5-4-6(8(10,11)12)2-3-7(5)9(13)14;9-3-5-7(13-1-11-5)4(10)6-8(3)14-2-12-6/h2-9H,1H3;2-4,13-14H,1H3;1-2H. The van der Waals surface area contributed by atoms with Crippen LogP contribution in [0.2, 0.25) is 0 Å². The van der Waals surface area contributed by atoms with E-state index in [2.05, 4.69) is 51.8 Å². The Morgan fingerprint density at radius 2 is 0.831 bits per heavy atom. The van der Waals surface area contributed by atoms with Crippen LogP contribution >= 0.6 is 31.9 Å². The molecule has 4 heterocycles. The molecule has 65 heavy (non-hydrogen) atoms. The Morgan fingerprint density at radius 3 is 1.23 bits per heavy atom. The summed E-state index contributed by atoms with van der Waals surface area (Å²) < 4.78 is 180. The van der Waals surface area contributed by atoms with Crippen LogP contribution in [0.5, 0.6) is 0 Å². The van der Waals surface area contributed by atoms with Crippen LogP contribution < -0.4 is 5.46 Å². The molecule has 0 fully saturated rings. The lowest BCUT2D eigenvalue weighted by molar-refractivity contribution is -0.143. The maximum atomic E-state index is 13.9. The summed E-state index contributed by atoms with van der Waals surface area (Å²) in [7, 11) is -1.74. The second kappa shape index (κ2) is 17.1. The van der Waals surface area contributed by atoms with Crippen LogP contribution in [0.4, 0.5) is 52.7 Å². The van der Waals surface area contributed by atoms with E-state index in [-0.39, 0.29) is 61.5 Å². The molecule has 9 aromatic rings. The van der Waals surface area contributed by atoms with Gasteiger partial charge in [-0.3, -0.25) is 0 Å².